The third-order valence-electron chi connectivity index (χ3n) is 4.46. The highest BCUT2D eigenvalue weighted by atomic mass is 16.6. The third-order valence-corrected chi connectivity index (χ3v) is 4.46. The highest BCUT2D eigenvalue weighted by Gasteiger charge is 2.21. The molecule has 0 fully saturated rings. The largest absolute Gasteiger partial charge is 0.490 e. The number of amides is 2. The van der Waals surface area contributed by atoms with E-state index >= 15 is 0 Å². The zero-order chi connectivity index (χ0) is 22.7. The summed E-state index contributed by atoms with van der Waals surface area (Å²) in [7, 11) is 1.27. The van der Waals surface area contributed by atoms with Crippen molar-refractivity contribution < 1.29 is 19.2 Å². The number of hydrazine groups is 1. The summed E-state index contributed by atoms with van der Waals surface area (Å²) in [5.74, 6) is -1.53. The fourth-order valence-corrected chi connectivity index (χ4v) is 2.94. The normalized spacial score (nSPS) is 10.7. The maximum absolute atomic E-state index is 12.7. The lowest BCUT2D eigenvalue weighted by atomic mass is 10.1. The van der Waals surface area contributed by atoms with Gasteiger partial charge in [0.2, 0.25) is 0 Å². The van der Waals surface area contributed by atoms with Crippen molar-refractivity contribution in [2.45, 2.75) is 19.9 Å². The summed E-state index contributed by atoms with van der Waals surface area (Å²) >= 11 is 0. The lowest BCUT2D eigenvalue weighted by Crippen LogP contribution is -2.43. The number of ether oxygens (including phenoxy) is 1. The number of nitrogens with one attached hydrogen (secondary N) is 2. The van der Waals surface area contributed by atoms with Crippen LogP contribution in [0.25, 0.3) is 10.8 Å². The van der Waals surface area contributed by atoms with E-state index in [4.69, 9.17) is 4.74 Å². The van der Waals surface area contributed by atoms with Crippen molar-refractivity contribution in [1.29, 1.82) is 0 Å². The van der Waals surface area contributed by atoms with Gasteiger partial charge in [0.05, 0.1) is 23.5 Å². The van der Waals surface area contributed by atoms with Crippen LogP contribution in [0.2, 0.25) is 0 Å². The van der Waals surface area contributed by atoms with Gasteiger partial charge < -0.3 is 4.74 Å². The number of aromatic nitrogens is 2. The summed E-state index contributed by atoms with van der Waals surface area (Å²) < 4.78 is 6.09. The van der Waals surface area contributed by atoms with Crippen LogP contribution in [0.15, 0.2) is 47.3 Å². The van der Waals surface area contributed by atoms with Gasteiger partial charge in [-0.2, -0.15) is 5.10 Å². The van der Waals surface area contributed by atoms with Crippen molar-refractivity contribution >= 4 is 28.3 Å². The lowest BCUT2D eigenvalue weighted by Gasteiger charge is -2.14. The van der Waals surface area contributed by atoms with E-state index in [1.807, 2.05) is 0 Å². The van der Waals surface area contributed by atoms with E-state index < -0.39 is 22.4 Å². The number of methoxy groups -OCH3 is 1. The summed E-state index contributed by atoms with van der Waals surface area (Å²) in [6.07, 6.45) is 0. The minimum atomic E-state index is -0.777. The van der Waals surface area contributed by atoms with Crippen LogP contribution in [-0.4, -0.2) is 33.6 Å². The molecule has 0 unspecified atom stereocenters. The Morgan fingerprint density at radius 2 is 1.74 bits per heavy atom. The van der Waals surface area contributed by atoms with Gasteiger partial charge in [0.1, 0.15) is 0 Å². The molecule has 0 radical (unpaired) electrons. The molecule has 0 aliphatic rings. The van der Waals surface area contributed by atoms with Crippen LogP contribution in [0.4, 0.5) is 5.69 Å². The molecule has 0 atom stereocenters. The molecular formula is C20H19N5O6. The number of nitro benzene ring substituents is 1. The number of carbonyl (C=O) groups excluding carboxylic acids is 2. The smallest absolute Gasteiger partial charge is 0.311 e. The van der Waals surface area contributed by atoms with E-state index in [2.05, 4.69) is 16.0 Å². The molecule has 0 aliphatic carbocycles. The number of nitrogens with zero attached hydrogens (tertiary/aromatic N) is 3. The molecule has 0 saturated carbocycles. The van der Waals surface area contributed by atoms with Gasteiger partial charge >= 0.3 is 5.69 Å². The van der Waals surface area contributed by atoms with Crippen LogP contribution in [0.3, 0.4) is 0 Å². The fraction of sp³-hybridized carbons (Fsp3) is 0.200. The van der Waals surface area contributed by atoms with Gasteiger partial charge in [-0.25, -0.2) is 4.68 Å². The van der Waals surface area contributed by atoms with E-state index in [1.54, 1.807) is 38.1 Å². The van der Waals surface area contributed by atoms with E-state index in [-0.39, 0.29) is 28.6 Å². The zero-order valence-corrected chi connectivity index (χ0v) is 16.9. The Balaban J connectivity index is 1.88. The Kier molecular flexibility index (Phi) is 5.95. The van der Waals surface area contributed by atoms with Crippen LogP contribution in [0, 0.1) is 10.1 Å². The van der Waals surface area contributed by atoms with E-state index in [9.17, 15) is 24.5 Å². The van der Waals surface area contributed by atoms with Crippen molar-refractivity contribution in [2.24, 2.45) is 0 Å². The second-order valence-electron chi connectivity index (χ2n) is 6.79. The summed E-state index contributed by atoms with van der Waals surface area (Å²) in [6.45, 7) is 3.51. The second-order valence-corrected chi connectivity index (χ2v) is 6.79. The van der Waals surface area contributed by atoms with Crippen LogP contribution in [0.1, 0.15) is 40.7 Å². The third kappa shape index (κ3) is 4.20. The maximum Gasteiger partial charge on any atom is 0.311 e. The Morgan fingerprint density at radius 1 is 1.10 bits per heavy atom. The first-order chi connectivity index (χ1) is 14.7. The predicted molar refractivity (Wildman–Crippen MR) is 111 cm³/mol. The topological polar surface area (TPSA) is 145 Å². The number of benzene rings is 2. The molecule has 0 bridgehead atoms. The van der Waals surface area contributed by atoms with Crippen LogP contribution >= 0.6 is 0 Å². The molecule has 1 aromatic heterocycles. The molecule has 2 N–H and O–H groups in total. The molecular weight excluding hydrogens is 406 g/mol. The maximum atomic E-state index is 12.7. The Hall–Kier alpha value is -4.28. The Morgan fingerprint density at radius 3 is 2.35 bits per heavy atom. The number of hydrogen-bond acceptors (Lipinski definition) is 7. The molecule has 3 rings (SSSR count). The first kappa shape index (κ1) is 21.4. The zero-order valence-electron chi connectivity index (χ0n) is 16.9. The van der Waals surface area contributed by atoms with Gasteiger partial charge in [0.25, 0.3) is 17.4 Å². The van der Waals surface area contributed by atoms with Crippen LogP contribution in [-0.2, 0) is 0 Å². The summed E-state index contributed by atoms with van der Waals surface area (Å²) in [4.78, 5) is 48.1. The Labute approximate surface area is 175 Å². The molecule has 0 saturated heterocycles. The number of carbonyl (C=O) groups is 2. The van der Waals surface area contributed by atoms with Gasteiger partial charge in [-0.05, 0) is 32.0 Å². The van der Waals surface area contributed by atoms with Gasteiger partial charge in [0.15, 0.2) is 11.4 Å². The molecule has 1 heterocycles. The average molecular weight is 425 g/mol. The molecule has 11 heteroatoms. The van der Waals surface area contributed by atoms with Crippen molar-refractivity contribution in [3.05, 3.63) is 74.2 Å². The average Bonchev–Trinajstić information content (AvgIpc) is 2.76. The molecule has 160 valence electrons. The quantitative estimate of drug-likeness (QED) is 0.469. The lowest BCUT2D eigenvalue weighted by molar-refractivity contribution is -0.385. The number of fused-ring (bicyclic) bond motifs is 1. The molecule has 0 spiro atoms. The highest BCUT2D eigenvalue weighted by molar-refractivity contribution is 6.06. The summed E-state index contributed by atoms with van der Waals surface area (Å²) in [6, 6.07) is 9.85. The molecule has 2 aromatic carbocycles. The van der Waals surface area contributed by atoms with E-state index in [0.717, 1.165) is 6.07 Å². The minimum absolute atomic E-state index is 0.00259. The summed E-state index contributed by atoms with van der Waals surface area (Å²) in [5, 5.41) is 15.9. The minimum Gasteiger partial charge on any atom is -0.490 e. The molecule has 3 aromatic rings. The Bertz CT molecular complexity index is 1250. The standard InChI is InChI=1S/C20H19N5O6/c1-11(2)24-20(28)14-7-5-4-6-13(14)17(23-24)19(27)22-21-18(26)12-8-9-16(31-3)15(10-12)25(29)30/h4-11H,1-3H3,(H,21,26)(H,22,27). The molecule has 31 heavy (non-hydrogen) atoms. The SMILES string of the molecule is COc1ccc(C(=O)NNC(=O)c2nn(C(C)C)c(=O)c3ccccc23)cc1[N+](=O)[O-]. The fourth-order valence-electron chi connectivity index (χ4n) is 2.94. The molecule has 0 aliphatic heterocycles. The van der Waals surface area contributed by atoms with E-state index in [1.165, 1.54) is 23.9 Å². The first-order valence-corrected chi connectivity index (χ1v) is 9.19. The molecule has 11 nitrogen and oxygen atoms in total. The van der Waals surface area contributed by atoms with E-state index in [0.29, 0.717) is 10.8 Å². The van der Waals surface area contributed by atoms with Crippen molar-refractivity contribution in [2.75, 3.05) is 7.11 Å². The van der Waals surface area contributed by atoms with Crippen molar-refractivity contribution in [1.82, 2.24) is 20.6 Å². The second kappa shape index (κ2) is 8.61. The highest BCUT2D eigenvalue weighted by Crippen LogP contribution is 2.27. The number of rotatable bonds is 5. The van der Waals surface area contributed by atoms with Gasteiger partial charge in [-0.1, -0.05) is 18.2 Å². The monoisotopic (exact) mass is 425 g/mol. The predicted octanol–water partition coefficient (Wildman–Crippen LogP) is 1.97. The molecule has 2 amide bonds. The number of nitro groups is 1. The van der Waals surface area contributed by atoms with Gasteiger partial charge in [0, 0.05) is 17.0 Å². The first-order valence-electron chi connectivity index (χ1n) is 9.19. The van der Waals surface area contributed by atoms with Gasteiger partial charge in [-0.3, -0.25) is 35.3 Å². The van der Waals surface area contributed by atoms with Crippen LogP contribution in [0.5, 0.6) is 5.75 Å². The van der Waals surface area contributed by atoms with Crippen molar-refractivity contribution in [3.63, 3.8) is 0 Å². The van der Waals surface area contributed by atoms with Crippen molar-refractivity contribution in [3.8, 4) is 5.75 Å². The number of hydrogen-bond donors (Lipinski definition) is 2. The van der Waals surface area contributed by atoms with Crippen LogP contribution < -0.4 is 21.1 Å². The summed E-state index contributed by atoms with van der Waals surface area (Å²) in [5.41, 5.74) is 3.60. The van der Waals surface area contributed by atoms with Gasteiger partial charge in [-0.15, -0.1) is 0 Å².